The molecule has 1 atom stereocenters. The van der Waals surface area contributed by atoms with Gasteiger partial charge in [-0.25, -0.2) is 0 Å². The molecule has 3 rings (SSSR count). The van der Waals surface area contributed by atoms with Crippen molar-refractivity contribution in [1.82, 2.24) is 4.90 Å². The van der Waals surface area contributed by atoms with E-state index in [2.05, 4.69) is 5.10 Å². The van der Waals surface area contributed by atoms with E-state index in [1.54, 1.807) is 23.9 Å². The number of ketones is 1. The highest BCUT2D eigenvalue weighted by Crippen LogP contribution is 2.25. The summed E-state index contributed by atoms with van der Waals surface area (Å²) >= 11 is 0. The van der Waals surface area contributed by atoms with E-state index in [4.69, 9.17) is 0 Å². The molecule has 5 heteroatoms. The fourth-order valence-electron chi connectivity index (χ4n) is 3.04. The molecule has 0 aliphatic carbocycles. The first-order valence-electron chi connectivity index (χ1n) is 8.78. The predicted octanol–water partition coefficient (Wildman–Crippen LogP) is 2.91. The van der Waals surface area contributed by atoms with Gasteiger partial charge in [-0.1, -0.05) is 48.5 Å². The molecule has 0 spiro atoms. The third-order valence-corrected chi connectivity index (χ3v) is 4.57. The van der Waals surface area contributed by atoms with Crippen molar-refractivity contribution in [2.24, 2.45) is 5.10 Å². The number of nitrogens with zero attached hydrogens (tertiary/aromatic N) is 3. The van der Waals surface area contributed by atoms with Crippen LogP contribution in [0.3, 0.4) is 0 Å². The van der Waals surface area contributed by atoms with E-state index in [0.717, 1.165) is 12.1 Å². The lowest BCUT2D eigenvalue weighted by atomic mass is 10.1. The lowest BCUT2D eigenvalue weighted by Gasteiger charge is -2.20. The van der Waals surface area contributed by atoms with Crippen molar-refractivity contribution in [3.8, 4) is 0 Å². The van der Waals surface area contributed by atoms with Gasteiger partial charge in [0, 0.05) is 20.0 Å². The van der Waals surface area contributed by atoms with Crippen molar-refractivity contribution in [1.29, 1.82) is 0 Å². The molecule has 0 radical (unpaired) electrons. The van der Waals surface area contributed by atoms with Crippen molar-refractivity contribution < 1.29 is 9.59 Å². The minimum atomic E-state index is -0.418. The molecule has 1 aliphatic rings. The van der Waals surface area contributed by atoms with Crippen LogP contribution in [-0.4, -0.2) is 41.9 Å². The molecule has 0 bridgehead atoms. The van der Waals surface area contributed by atoms with Gasteiger partial charge in [0.2, 0.25) is 0 Å². The second-order valence-electron chi connectivity index (χ2n) is 6.52. The molecule has 134 valence electrons. The normalized spacial score (nSPS) is 16.3. The minimum Gasteiger partial charge on any atom is -0.340 e. The Morgan fingerprint density at radius 1 is 1.08 bits per heavy atom. The van der Waals surface area contributed by atoms with Crippen LogP contribution in [0.5, 0.6) is 0 Å². The molecule has 0 saturated carbocycles. The number of benzene rings is 2. The molecule has 5 nitrogen and oxygen atoms in total. The zero-order valence-electron chi connectivity index (χ0n) is 15.1. The average molecular weight is 349 g/mol. The summed E-state index contributed by atoms with van der Waals surface area (Å²) < 4.78 is 0. The largest absolute Gasteiger partial charge is 0.340 e. The fraction of sp³-hybridized carbons (Fsp3) is 0.286. The maximum absolute atomic E-state index is 12.8. The van der Waals surface area contributed by atoms with Crippen molar-refractivity contribution in [2.75, 3.05) is 18.6 Å². The Morgan fingerprint density at radius 2 is 1.69 bits per heavy atom. The third-order valence-electron chi connectivity index (χ3n) is 4.57. The van der Waals surface area contributed by atoms with Crippen LogP contribution in [0.4, 0.5) is 5.69 Å². The molecule has 2 aromatic rings. The van der Waals surface area contributed by atoms with Crippen LogP contribution in [0.25, 0.3) is 0 Å². The first-order valence-corrected chi connectivity index (χ1v) is 8.78. The standard InChI is InChI=1S/C21H23N3O2/c1-16(25)20-15-19(22-24(20)18-11-7-4-8-12-18)21(26)23(2)14-13-17-9-5-3-6-10-17/h3-12,20H,13-15H2,1-2H3. The Morgan fingerprint density at radius 3 is 2.31 bits per heavy atom. The quantitative estimate of drug-likeness (QED) is 0.806. The van der Waals surface area contributed by atoms with Gasteiger partial charge in [0.1, 0.15) is 11.8 Å². The van der Waals surface area contributed by atoms with E-state index in [1.807, 2.05) is 60.7 Å². The van der Waals surface area contributed by atoms with Gasteiger partial charge in [-0.2, -0.15) is 5.10 Å². The number of para-hydroxylation sites is 1. The summed E-state index contributed by atoms with van der Waals surface area (Å²) in [6, 6.07) is 19.1. The van der Waals surface area contributed by atoms with E-state index < -0.39 is 6.04 Å². The van der Waals surface area contributed by atoms with Crippen molar-refractivity contribution >= 4 is 23.1 Å². The topological polar surface area (TPSA) is 53.0 Å². The molecule has 1 unspecified atom stereocenters. The molecule has 0 saturated heterocycles. The number of amides is 1. The third kappa shape index (κ3) is 3.99. The van der Waals surface area contributed by atoms with E-state index >= 15 is 0 Å². The van der Waals surface area contributed by atoms with Gasteiger partial charge in [-0.05, 0) is 31.0 Å². The van der Waals surface area contributed by atoms with Crippen LogP contribution in [0.1, 0.15) is 18.9 Å². The van der Waals surface area contributed by atoms with Gasteiger partial charge in [-0.15, -0.1) is 0 Å². The Labute approximate surface area is 153 Å². The molecule has 0 N–H and O–H groups in total. The monoisotopic (exact) mass is 349 g/mol. The summed E-state index contributed by atoms with van der Waals surface area (Å²) in [5, 5.41) is 6.14. The number of likely N-dealkylation sites (N-methyl/N-ethyl adjacent to an activating group) is 1. The number of carbonyl (C=O) groups is 2. The number of hydrogen-bond donors (Lipinski definition) is 0. The van der Waals surface area contributed by atoms with Crippen molar-refractivity contribution in [3.63, 3.8) is 0 Å². The maximum Gasteiger partial charge on any atom is 0.269 e. The number of rotatable bonds is 6. The van der Waals surface area contributed by atoms with Gasteiger partial charge < -0.3 is 4.90 Å². The number of hydrogen-bond acceptors (Lipinski definition) is 4. The Bertz CT molecular complexity index is 803. The molecule has 0 aromatic heterocycles. The highest BCUT2D eigenvalue weighted by atomic mass is 16.2. The smallest absolute Gasteiger partial charge is 0.269 e. The highest BCUT2D eigenvalue weighted by Gasteiger charge is 2.35. The van der Waals surface area contributed by atoms with Crippen LogP contribution < -0.4 is 5.01 Å². The Balaban J connectivity index is 1.71. The maximum atomic E-state index is 12.8. The first-order chi connectivity index (χ1) is 12.6. The average Bonchev–Trinajstić information content (AvgIpc) is 3.13. The van der Waals surface area contributed by atoms with Gasteiger partial charge >= 0.3 is 0 Å². The second kappa shape index (κ2) is 7.95. The Kier molecular flexibility index (Phi) is 5.46. The van der Waals surface area contributed by atoms with E-state index in [0.29, 0.717) is 18.7 Å². The molecule has 1 amide bonds. The number of Topliss-reactive ketones (excluding diaryl/α,β-unsaturated/α-hetero) is 1. The number of carbonyl (C=O) groups excluding carboxylic acids is 2. The van der Waals surface area contributed by atoms with Crippen molar-refractivity contribution in [3.05, 3.63) is 66.2 Å². The highest BCUT2D eigenvalue weighted by molar-refractivity contribution is 6.40. The number of anilines is 1. The molecule has 2 aromatic carbocycles. The van der Waals surface area contributed by atoms with Crippen LogP contribution in [-0.2, 0) is 16.0 Å². The number of hydrazone groups is 1. The summed E-state index contributed by atoms with van der Waals surface area (Å²) in [6.45, 7) is 2.15. The van der Waals surface area contributed by atoms with Crippen LogP contribution in [0.15, 0.2) is 65.8 Å². The van der Waals surface area contributed by atoms with Crippen LogP contribution >= 0.6 is 0 Å². The molecule has 1 aliphatic heterocycles. The fourth-order valence-corrected chi connectivity index (χ4v) is 3.04. The zero-order valence-corrected chi connectivity index (χ0v) is 15.1. The Hall–Kier alpha value is -2.95. The van der Waals surface area contributed by atoms with Crippen LogP contribution in [0.2, 0.25) is 0 Å². The van der Waals surface area contributed by atoms with E-state index in [9.17, 15) is 9.59 Å². The molecule has 0 fully saturated rings. The van der Waals surface area contributed by atoms with Crippen molar-refractivity contribution in [2.45, 2.75) is 25.8 Å². The molecule has 26 heavy (non-hydrogen) atoms. The summed E-state index contributed by atoms with van der Waals surface area (Å²) in [5.74, 6) is -0.113. The van der Waals surface area contributed by atoms with Gasteiger partial charge in [0.25, 0.3) is 5.91 Å². The molecular weight excluding hydrogens is 326 g/mol. The van der Waals surface area contributed by atoms with E-state index in [-0.39, 0.29) is 11.7 Å². The summed E-state index contributed by atoms with van der Waals surface area (Å²) in [6.07, 6.45) is 1.13. The van der Waals surface area contributed by atoms with Gasteiger partial charge in [-0.3, -0.25) is 14.6 Å². The minimum absolute atomic E-state index is 0.00680. The lowest BCUT2D eigenvalue weighted by Crippen LogP contribution is -2.36. The lowest BCUT2D eigenvalue weighted by molar-refractivity contribution is -0.122. The van der Waals surface area contributed by atoms with Crippen LogP contribution in [0, 0.1) is 0 Å². The first kappa shape index (κ1) is 17.9. The van der Waals surface area contributed by atoms with E-state index in [1.165, 1.54) is 5.56 Å². The molecular formula is C21H23N3O2. The zero-order chi connectivity index (χ0) is 18.5. The van der Waals surface area contributed by atoms with Gasteiger partial charge in [0.05, 0.1) is 5.69 Å². The molecule has 1 heterocycles. The SMILES string of the molecule is CC(=O)C1CC(C(=O)N(C)CCc2ccccc2)=NN1c1ccccc1. The summed E-state index contributed by atoms with van der Waals surface area (Å²) in [4.78, 5) is 26.5. The predicted molar refractivity (Wildman–Crippen MR) is 103 cm³/mol. The summed E-state index contributed by atoms with van der Waals surface area (Å²) in [5.41, 5.74) is 2.44. The van der Waals surface area contributed by atoms with Gasteiger partial charge in [0.15, 0.2) is 5.78 Å². The summed E-state index contributed by atoms with van der Waals surface area (Å²) in [7, 11) is 1.78. The second-order valence-corrected chi connectivity index (χ2v) is 6.52.